The van der Waals surface area contributed by atoms with Gasteiger partial charge in [-0.05, 0) is 41.8 Å². The Morgan fingerprint density at radius 3 is 2.60 bits per heavy atom. The van der Waals surface area contributed by atoms with Crippen LogP contribution in [0.25, 0.3) is 11.1 Å². The average Bonchev–Trinajstić information content (AvgIpc) is 3.30. The van der Waals surface area contributed by atoms with Crippen LogP contribution in [-0.4, -0.2) is 48.8 Å². The van der Waals surface area contributed by atoms with Crippen LogP contribution in [0, 0.1) is 11.3 Å². The number of hydrogen-bond acceptors (Lipinski definition) is 8. The molecule has 1 aliphatic rings. The average molecular weight is 403 g/mol. The van der Waals surface area contributed by atoms with Gasteiger partial charge in [-0.25, -0.2) is 0 Å². The van der Waals surface area contributed by atoms with Crippen LogP contribution in [0.4, 0.5) is 6.01 Å². The molecule has 8 heteroatoms. The Morgan fingerprint density at radius 2 is 1.90 bits per heavy atom. The monoisotopic (exact) mass is 403 g/mol. The first-order chi connectivity index (χ1) is 14.7. The van der Waals surface area contributed by atoms with Gasteiger partial charge >= 0.3 is 6.01 Å². The highest BCUT2D eigenvalue weighted by atomic mass is 16.5. The molecule has 1 fully saturated rings. The molecule has 0 radical (unpaired) electrons. The van der Waals surface area contributed by atoms with Crippen LogP contribution in [0.5, 0.6) is 0 Å². The molecule has 0 atom stereocenters. The smallest absolute Gasteiger partial charge is 0.318 e. The number of rotatable bonds is 6. The van der Waals surface area contributed by atoms with Gasteiger partial charge in [-0.1, -0.05) is 35.4 Å². The first-order valence-electron chi connectivity index (χ1n) is 9.74. The lowest BCUT2D eigenvalue weighted by Gasteiger charge is -2.24. The molecule has 1 aliphatic heterocycles. The molecule has 0 saturated carbocycles. The first-order valence-corrected chi connectivity index (χ1v) is 9.74. The Hall–Kier alpha value is -3.54. The number of carbonyl (C=O) groups is 1. The van der Waals surface area contributed by atoms with Crippen molar-refractivity contribution in [2.24, 2.45) is 5.73 Å². The molecule has 152 valence electrons. The molecule has 3 aromatic rings. The van der Waals surface area contributed by atoms with Gasteiger partial charge in [0.05, 0.1) is 24.8 Å². The van der Waals surface area contributed by atoms with Crippen LogP contribution in [0.1, 0.15) is 27.4 Å². The highest BCUT2D eigenvalue weighted by Gasteiger charge is 2.24. The summed E-state index contributed by atoms with van der Waals surface area (Å²) in [4.78, 5) is 15.1. The van der Waals surface area contributed by atoms with Crippen molar-refractivity contribution >= 4 is 11.8 Å². The normalized spacial score (nSPS) is 13.8. The largest absolute Gasteiger partial charge is 0.400 e. The molecular formula is C22H21N5O3. The van der Waals surface area contributed by atoms with Gasteiger partial charge in [0.1, 0.15) is 0 Å². The van der Waals surface area contributed by atoms with E-state index in [1.54, 1.807) is 18.2 Å². The summed E-state index contributed by atoms with van der Waals surface area (Å²) in [6, 6.07) is 15.2. The number of benzene rings is 2. The number of hydrogen-bond donors (Lipinski definition) is 1. The van der Waals surface area contributed by atoms with Crippen LogP contribution < -0.4 is 10.6 Å². The summed E-state index contributed by atoms with van der Waals surface area (Å²) in [7, 11) is 0. The summed E-state index contributed by atoms with van der Waals surface area (Å²) in [5.41, 5.74) is 9.02. The highest BCUT2D eigenvalue weighted by molar-refractivity contribution is 6.10. The topological polar surface area (TPSA) is 118 Å². The quantitative estimate of drug-likeness (QED) is 0.622. The summed E-state index contributed by atoms with van der Waals surface area (Å²) >= 11 is 0. The van der Waals surface area contributed by atoms with E-state index in [0.29, 0.717) is 55.6 Å². The summed E-state index contributed by atoms with van der Waals surface area (Å²) in [6.07, 6.45) is 0.783. The molecule has 2 heterocycles. The third-order valence-electron chi connectivity index (χ3n) is 4.98. The van der Waals surface area contributed by atoms with Gasteiger partial charge in [0.2, 0.25) is 5.78 Å². The van der Waals surface area contributed by atoms with Gasteiger partial charge in [-0.3, -0.25) is 4.79 Å². The maximum absolute atomic E-state index is 13.2. The van der Waals surface area contributed by atoms with Gasteiger partial charge in [0.15, 0.2) is 0 Å². The van der Waals surface area contributed by atoms with E-state index in [1.165, 1.54) is 0 Å². The van der Waals surface area contributed by atoms with Crippen molar-refractivity contribution in [1.82, 2.24) is 10.2 Å². The van der Waals surface area contributed by atoms with E-state index < -0.39 is 5.78 Å². The second-order valence-corrected chi connectivity index (χ2v) is 6.93. The molecule has 0 unspecified atom stereocenters. The van der Waals surface area contributed by atoms with Crippen LogP contribution in [0.3, 0.4) is 0 Å². The van der Waals surface area contributed by atoms with Gasteiger partial charge < -0.3 is 19.8 Å². The minimum atomic E-state index is -0.417. The van der Waals surface area contributed by atoms with E-state index in [4.69, 9.17) is 14.9 Å². The second kappa shape index (κ2) is 8.86. The van der Waals surface area contributed by atoms with Crippen LogP contribution in [0.2, 0.25) is 0 Å². The van der Waals surface area contributed by atoms with Gasteiger partial charge in [0, 0.05) is 18.7 Å². The van der Waals surface area contributed by atoms with Crippen molar-refractivity contribution < 1.29 is 13.9 Å². The van der Waals surface area contributed by atoms with E-state index in [-0.39, 0.29) is 5.89 Å². The predicted octanol–water partition coefficient (Wildman–Crippen LogP) is 2.18. The lowest BCUT2D eigenvalue weighted by molar-refractivity contribution is 0.100. The van der Waals surface area contributed by atoms with Crippen molar-refractivity contribution in [3.05, 3.63) is 65.0 Å². The first kappa shape index (κ1) is 19.8. The number of morpholine rings is 1. The number of ether oxygens (including phenoxy) is 1. The molecule has 1 saturated heterocycles. The molecule has 0 bridgehead atoms. The maximum atomic E-state index is 13.2. The Balaban J connectivity index is 1.68. The fourth-order valence-corrected chi connectivity index (χ4v) is 3.38. The van der Waals surface area contributed by atoms with E-state index in [9.17, 15) is 10.1 Å². The fourth-order valence-electron chi connectivity index (χ4n) is 3.38. The maximum Gasteiger partial charge on any atom is 0.318 e. The number of anilines is 1. The van der Waals surface area contributed by atoms with E-state index in [2.05, 4.69) is 16.3 Å². The second-order valence-electron chi connectivity index (χ2n) is 6.93. The van der Waals surface area contributed by atoms with Crippen molar-refractivity contribution in [2.75, 3.05) is 37.7 Å². The SMILES string of the molecule is N#Cc1ccc(-c2ccc(CCN)cc2)c(C(=O)c2nnc(N3CCOCC3)o2)c1. The third-order valence-corrected chi connectivity index (χ3v) is 4.98. The minimum absolute atomic E-state index is 0.104. The van der Waals surface area contributed by atoms with Crippen molar-refractivity contribution in [1.29, 1.82) is 5.26 Å². The van der Waals surface area contributed by atoms with Crippen LogP contribution >= 0.6 is 0 Å². The molecule has 4 rings (SSSR count). The summed E-state index contributed by atoms with van der Waals surface area (Å²) < 4.78 is 11.0. The number of nitrogens with zero attached hydrogens (tertiary/aromatic N) is 4. The molecule has 0 amide bonds. The van der Waals surface area contributed by atoms with Gasteiger partial charge in [0.25, 0.3) is 5.89 Å². The fraction of sp³-hybridized carbons (Fsp3) is 0.273. The lowest BCUT2D eigenvalue weighted by Crippen LogP contribution is -2.36. The van der Waals surface area contributed by atoms with Gasteiger partial charge in [-0.2, -0.15) is 5.26 Å². The molecule has 2 aromatic carbocycles. The zero-order valence-corrected chi connectivity index (χ0v) is 16.4. The molecule has 1 aromatic heterocycles. The standard InChI is InChI=1S/C22H21N5O3/c23-8-7-15-1-4-17(5-2-15)18-6-3-16(14-24)13-19(18)20(28)21-25-26-22(30-21)27-9-11-29-12-10-27/h1-6,13H,7-12,23H2. The summed E-state index contributed by atoms with van der Waals surface area (Å²) in [5, 5.41) is 17.3. The molecule has 0 aliphatic carbocycles. The Labute approximate surface area is 173 Å². The van der Waals surface area contributed by atoms with Crippen molar-refractivity contribution in [3.63, 3.8) is 0 Å². The number of nitrogens with two attached hydrogens (primary N) is 1. The summed E-state index contributed by atoms with van der Waals surface area (Å²) in [5.74, 6) is -0.521. The van der Waals surface area contributed by atoms with E-state index in [0.717, 1.165) is 17.5 Å². The summed E-state index contributed by atoms with van der Waals surface area (Å²) in [6.45, 7) is 2.96. The third kappa shape index (κ3) is 4.08. The van der Waals surface area contributed by atoms with Crippen LogP contribution in [0.15, 0.2) is 46.9 Å². The molecular weight excluding hydrogens is 382 g/mol. The Kier molecular flexibility index (Phi) is 5.84. The van der Waals surface area contributed by atoms with Gasteiger partial charge in [-0.15, -0.1) is 5.10 Å². The predicted molar refractivity (Wildman–Crippen MR) is 110 cm³/mol. The molecule has 8 nitrogen and oxygen atoms in total. The van der Waals surface area contributed by atoms with Crippen LogP contribution in [-0.2, 0) is 11.2 Å². The lowest BCUT2D eigenvalue weighted by atomic mass is 9.94. The van der Waals surface area contributed by atoms with E-state index in [1.807, 2.05) is 29.2 Å². The van der Waals surface area contributed by atoms with E-state index >= 15 is 0 Å². The Morgan fingerprint density at radius 1 is 1.13 bits per heavy atom. The Bertz CT molecular complexity index is 1080. The minimum Gasteiger partial charge on any atom is -0.400 e. The highest BCUT2D eigenvalue weighted by Crippen LogP contribution is 2.28. The number of ketones is 1. The zero-order valence-electron chi connectivity index (χ0n) is 16.4. The molecule has 2 N–H and O–H groups in total. The van der Waals surface area contributed by atoms with Crippen molar-refractivity contribution in [3.8, 4) is 17.2 Å². The van der Waals surface area contributed by atoms with Crippen molar-refractivity contribution in [2.45, 2.75) is 6.42 Å². The number of nitriles is 1. The number of carbonyl (C=O) groups excluding carboxylic acids is 1. The molecule has 30 heavy (non-hydrogen) atoms. The molecule has 0 spiro atoms. The zero-order chi connectivity index (χ0) is 20.9. The number of aromatic nitrogens is 2.